The summed E-state index contributed by atoms with van der Waals surface area (Å²) in [7, 11) is 1.29. The molecule has 1 unspecified atom stereocenters. The number of ether oxygens (including phenoxy) is 1. The van der Waals surface area contributed by atoms with Gasteiger partial charge in [0.2, 0.25) is 0 Å². The van der Waals surface area contributed by atoms with E-state index in [4.69, 9.17) is 0 Å². The van der Waals surface area contributed by atoms with Gasteiger partial charge in [-0.1, -0.05) is 0 Å². The molecular weight excluding hydrogens is 318 g/mol. The Kier molecular flexibility index (Phi) is 5.03. The van der Waals surface area contributed by atoms with Gasteiger partial charge in [0.05, 0.1) is 7.11 Å². The number of nitriles is 1. The molecule has 4 aliphatic rings. The number of carbonyl (C=O) groups excluding carboxylic acids is 2. The maximum Gasteiger partial charge on any atom is 0.325 e. The minimum absolute atomic E-state index is 0.0134. The lowest BCUT2D eigenvalue weighted by molar-refractivity contribution is -0.139. The zero-order valence-corrected chi connectivity index (χ0v) is 15.0. The molecule has 4 rings (SSSR count). The van der Waals surface area contributed by atoms with Crippen molar-refractivity contribution in [3.63, 3.8) is 0 Å². The van der Waals surface area contributed by atoms with Gasteiger partial charge in [-0.25, -0.2) is 0 Å². The SMILES string of the molecule is COC(=O)CN/C=C(/C#N)C(=O)NC(C)C12CC3CC(CC(C3)C1)C2. The molecule has 4 aliphatic carbocycles. The van der Waals surface area contributed by atoms with Crippen molar-refractivity contribution in [1.82, 2.24) is 10.6 Å². The van der Waals surface area contributed by atoms with Crippen LogP contribution in [0.25, 0.3) is 0 Å². The number of hydrogen-bond acceptors (Lipinski definition) is 5. The number of nitrogens with zero attached hydrogens (tertiary/aromatic N) is 1. The standard InChI is InChI=1S/C19H27N3O3/c1-12(19-6-13-3-14(7-19)5-15(4-13)8-19)22-18(24)16(9-20)10-21-11-17(23)25-2/h10,12-15,21H,3-8,11H2,1-2H3,(H,22,24)/b16-10-. The molecule has 0 spiro atoms. The van der Waals surface area contributed by atoms with Crippen LogP contribution in [0.4, 0.5) is 0 Å². The minimum Gasteiger partial charge on any atom is -0.468 e. The van der Waals surface area contributed by atoms with Gasteiger partial charge in [0.1, 0.15) is 18.2 Å². The molecule has 136 valence electrons. The molecular formula is C19H27N3O3. The van der Waals surface area contributed by atoms with Crippen LogP contribution in [0.15, 0.2) is 11.8 Å². The highest BCUT2D eigenvalue weighted by Crippen LogP contribution is 2.61. The molecule has 0 aromatic heterocycles. The fourth-order valence-corrected chi connectivity index (χ4v) is 5.59. The fraction of sp³-hybridized carbons (Fsp3) is 0.737. The topological polar surface area (TPSA) is 91.2 Å². The number of nitrogens with one attached hydrogen (secondary N) is 2. The molecule has 25 heavy (non-hydrogen) atoms. The van der Waals surface area contributed by atoms with Gasteiger partial charge in [-0.3, -0.25) is 9.59 Å². The predicted molar refractivity (Wildman–Crippen MR) is 91.9 cm³/mol. The van der Waals surface area contributed by atoms with Crippen LogP contribution >= 0.6 is 0 Å². The molecule has 2 N–H and O–H groups in total. The van der Waals surface area contributed by atoms with Crippen molar-refractivity contribution in [3.8, 4) is 6.07 Å². The first-order valence-electron chi connectivity index (χ1n) is 9.17. The Bertz CT molecular complexity index is 585. The van der Waals surface area contributed by atoms with E-state index in [1.165, 1.54) is 51.8 Å². The van der Waals surface area contributed by atoms with Gasteiger partial charge in [-0.15, -0.1) is 0 Å². The number of amides is 1. The van der Waals surface area contributed by atoms with Gasteiger partial charge in [0.25, 0.3) is 5.91 Å². The van der Waals surface area contributed by atoms with Crippen LogP contribution in [0.1, 0.15) is 45.4 Å². The summed E-state index contributed by atoms with van der Waals surface area (Å²) < 4.78 is 4.51. The van der Waals surface area contributed by atoms with Crippen molar-refractivity contribution in [2.24, 2.45) is 23.2 Å². The lowest BCUT2D eigenvalue weighted by Crippen LogP contribution is -2.56. The quantitative estimate of drug-likeness (QED) is 0.436. The van der Waals surface area contributed by atoms with E-state index in [2.05, 4.69) is 22.3 Å². The number of methoxy groups -OCH3 is 1. The molecule has 0 heterocycles. The van der Waals surface area contributed by atoms with E-state index in [0.717, 1.165) is 17.8 Å². The summed E-state index contributed by atoms with van der Waals surface area (Å²) in [6.07, 6.45) is 8.98. The van der Waals surface area contributed by atoms with E-state index in [9.17, 15) is 14.9 Å². The van der Waals surface area contributed by atoms with Crippen LogP contribution < -0.4 is 10.6 Å². The average molecular weight is 345 g/mol. The summed E-state index contributed by atoms with van der Waals surface area (Å²) in [5.41, 5.74) is 0.185. The van der Waals surface area contributed by atoms with Crippen molar-refractivity contribution in [2.75, 3.05) is 13.7 Å². The van der Waals surface area contributed by atoms with Crippen LogP contribution in [0.2, 0.25) is 0 Å². The highest BCUT2D eigenvalue weighted by molar-refractivity contribution is 5.97. The summed E-state index contributed by atoms with van der Waals surface area (Å²) in [5, 5.41) is 14.9. The normalized spacial score (nSPS) is 34.1. The third-order valence-electron chi connectivity index (χ3n) is 6.44. The molecule has 0 radical (unpaired) electrons. The first-order valence-corrected chi connectivity index (χ1v) is 9.17. The first-order chi connectivity index (χ1) is 12.0. The Morgan fingerprint density at radius 3 is 2.28 bits per heavy atom. The Morgan fingerprint density at radius 2 is 1.80 bits per heavy atom. The van der Waals surface area contributed by atoms with Crippen LogP contribution in [0.5, 0.6) is 0 Å². The molecule has 0 aliphatic heterocycles. The second-order valence-electron chi connectivity index (χ2n) is 8.10. The Hall–Kier alpha value is -2.03. The molecule has 1 atom stereocenters. The lowest BCUT2D eigenvalue weighted by atomic mass is 9.48. The molecule has 6 heteroatoms. The number of hydrogen-bond donors (Lipinski definition) is 2. The molecule has 1 amide bonds. The van der Waals surface area contributed by atoms with Gasteiger partial charge in [0, 0.05) is 12.2 Å². The highest BCUT2D eigenvalue weighted by atomic mass is 16.5. The van der Waals surface area contributed by atoms with Crippen molar-refractivity contribution in [2.45, 2.75) is 51.5 Å². The lowest BCUT2D eigenvalue weighted by Gasteiger charge is -2.59. The molecule has 0 saturated heterocycles. The predicted octanol–water partition coefficient (Wildman–Crippen LogP) is 1.88. The van der Waals surface area contributed by atoms with Crippen molar-refractivity contribution in [3.05, 3.63) is 11.8 Å². The fourth-order valence-electron chi connectivity index (χ4n) is 5.59. The zero-order chi connectivity index (χ0) is 18.0. The van der Waals surface area contributed by atoms with Crippen LogP contribution in [-0.4, -0.2) is 31.6 Å². The third kappa shape index (κ3) is 3.65. The third-order valence-corrected chi connectivity index (χ3v) is 6.44. The van der Waals surface area contributed by atoms with Gasteiger partial charge in [-0.2, -0.15) is 5.26 Å². The van der Waals surface area contributed by atoms with E-state index in [1.54, 1.807) is 0 Å². The van der Waals surface area contributed by atoms with Crippen molar-refractivity contribution in [1.29, 1.82) is 5.26 Å². The maximum absolute atomic E-state index is 12.5. The van der Waals surface area contributed by atoms with Gasteiger partial charge < -0.3 is 15.4 Å². The van der Waals surface area contributed by atoms with Crippen molar-refractivity contribution >= 4 is 11.9 Å². The van der Waals surface area contributed by atoms with E-state index in [0.29, 0.717) is 0 Å². The van der Waals surface area contributed by atoms with Crippen LogP contribution in [0, 0.1) is 34.5 Å². The van der Waals surface area contributed by atoms with E-state index < -0.39 is 5.97 Å². The number of carbonyl (C=O) groups is 2. The Balaban J connectivity index is 1.61. The summed E-state index contributed by atoms with van der Waals surface area (Å²) in [5.74, 6) is 1.63. The minimum atomic E-state index is -0.448. The van der Waals surface area contributed by atoms with Gasteiger partial charge in [0.15, 0.2) is 0 Å². The summed E-state index contributed by atoms with van der Waals surface area (Å²) in [6.45, 7) is 2.02. The molecule has 0 aromatic carbocycles. The number of esters is 1. The monoisotopic (exact) mass is 345 g/mol. The molecule has 4 bridgehead atoms. The van der Waals surface area contributed by atoms with E-state index in [1.807, 2.05) is 6.07 Å². The molecule has 4 fully saturated rings. The van der Waals surface area contributed by atoms with Gasteiger partial charge >= 0.3 is 5.97 Å². The van der Waals surface area contributed by atoms with E-state index in [-0.39, 0.29) is 29.5 Å². The Morgan fingerprint density at radius 1 is 1.24 bits per heavy atom. The summed E-state index contributed by atoms with van der Waals surface area (Å²) >= 11 is 0. The Labute approximate surface area is 149 Å². The highest BCUT2D eigenvalue weighted by Gasteiger charge is 2.53. The largest absolute Gasteiger partial charge is 0.468 e. The van der Waals surface area contributed by atoms with Gasteiger partial charge in [-0.05, 0) is 68.6 Å². The second kappa shape index (κ2) is 7.07. The average Bonchev–Trinajstić information content (AvgIpc) is 2.57. The zero-order valence-electron chi connectivity index (χ0n) is 15.0. The van der Waals surface area contributed by atoms with Crippen molar-refractivity contribution < 1.29 is 14.3 Å². The molecule has 0 aromatic rings. The summed E-state index contributed by atoms with van der Waals surface area (Å²) in [4.78, 5) is 23.6. The number of rotatable bonds is 6. The van der Waals surface area contributed by atoms with E-state index >= 15 is 0 Å². The maximum atomic E-state index is 12.5. The van der Waals surface area contributed by atoms with Crippen LogP contribution in [-0.2, 0) is 14.3 Å². The second-order valence-corrected chi connectivity index (χ2v) is 8.10. The van der Waals surface area contributed by atoms with Crippen LogP contribution in [0.3, 0.4) is 0 Å². The summed E-state index contributed by atoms with van der Waals surface area (Å²) in [6, 6.07) is 1.97. The smallest absolute Gasteiger partial charge is 0.325 e. The molecule has 6 nitrogen and oxygen atoms in total. The first kappa shape index (κ1) is 17.8. The molecule has 4 saturated carbocycles.